The van der Waals surface area contributed by atoms with Crippen molar-refractivity contribution in [3.05, 3.63) is 47.3 Å². The summed E-state index contributed by atoms with van der Waals surface area (Å²) in [5.41, 5.74) is 3.13. The first kappa shape index (κ1) is 16.4. The third-order valence-corrected chi connectivity index (χ3v) is 4.57. The lowest BCUT2D eigenvalue weighted by atomic mass is 10.2. The predicted octanol–water partition coefficient (Wildman–Crippen LogP) is 2.14. The van der Waals surface area contributed by atoms with Crippen LogP contribution < -0.4 is 10.6 Å². The molecule has 0 amide bonds. The van der Waals surface area contributed by atoms with E-state index in [1.807, 2.05) is 32.0 Å². The molecule has 0 aliphatic rings. The van der Waals surface area contributed by atoms with E-state index in [1.165, 1.54) is 10.2 Å². The van der Waals surface area contributed by atoms with Crippen LogP contribution >= 0.6 is 11.8 Å². The molecule has 0 saturated carbocycles. The van der Waals surface area contributed by atoms with E-state index < -0.39 is 0 Å². The van der Waals surface area contributed by atoms with Gasteiger partial charge in [0.05, 0.1) is 12.8 Å². The number of hydrogen-bond acceptors (Lipinski definition) is 6. The zero-order valence-corrected chi connectivity index (χ0v) is 14.7. The van der Waals surface area contributed by atoms with Crippen LogP contribution in [0, 0.1) is 13.8 Å². The standard InChI is InChI=1S/C16H20N6OS/c1-11-10-12(2)22(20-11)15-18-19-16(21(15)17)24-9-8-13-4-6-14(23-3)7-5-13/h4-7,10H,8-9,17H2,1-3H3. The largest absolute Gasteiger partial charge is 0.497 e. The summed E-state index contributed by atoms with van der Waals surface area (Å²) in [6.07, 6.45) is 0.913. The Hall–Kier alpha value is -2.48. The number of rotatable bonds is 6. The fourth-order valence-corrected chi connectivity index (χ4v) is 3.24. The minimum atomic E-state index is 0.521. The minimum absolute atomic E-state index is 0.521. The number of nitrogens with two attached hydrogens (primary N) is 1. The van der Waals surface area contributed by atoms with E-state index in [0.717, 1.165) is 29.3 Å². The summed E-state index contributed by atoms with van der Waals surface area (Å²) in [4.78, 5) is 0. The van der Waals surface area contributed by atoms with E-state index in [-0.39, 0.29) is 0 Å². The topological polar surface area (TPSA) is 83.8 Å². The normalized spacial score (nSPS) is 11.0. The first-order chi connectivity index (χ1) is 11.6. The minimum Gasteiger partial charge on any atom is -0.497 e. The second kappa shape index (κ2) is 6.96. The maximum Gasteiger partial charge on any atom is 0.271 e. The van der Waals surface area contributed by atoms with Gasteiger partial charge in [0.25, 0.3) is 5.95 Å². The molecular weight excluding hydrogens is 324 g/mol. The van der Waals surface area contributed by atoms with Gasteiger partial charge in [0, 0.05) is 11.4 Å². The van der Waals surface area contributed by atoms with Gasteiger partial charge in [-0.3, -0.25) is 0 Å². The Balaban J connectivity index is 1.65. The van der Waals surface area contributed by atoms with E-state index in [0.29, 0.717) is 11.1 Å². The summed E-state index contributed by atoms with van der Waals surface area (Å²) in [5, 5.41) is 13.4. The zero-order valence-electron chi connectivity index (χ0n) is 13.9. The van der Waals surface area contributed by atoms with Crippen LogP contribution in [0.5, 0.6) is 5.75 Å². The van der Waals surface area contributed by atoms with Crippen molar-refractivity contribution in [2.24, 2.45) is 0 Å². The van der Waals surface area contributed by atoms with Gasteiger partial charge >= 0.3 is 0 Å². The molecular formula is C16H20N6OS. The molecule has 0 radical (unpaired) electrons. The van der Waals surface area contributed by atoms with Gasteiger partial charge in [-0.2, -0.15) is 5.10 Å². The van der Waals surface area contributed by atoms with Gasteiger partial charge in [0.2, 0.25) is 5.16 Å². The van der Waals surface area contributed by atoms with Crippen LogP contribution in [-0.4, -0.2) is 37.5 Å². The van der Waals surface area contributed by atoms with Crippen molar-refractivity contribution in [1.82, 2.24) is 24.7 Å². The van der Waals surface area contributed by atoms with Gasteiger partial charge in [0.15, 0.2) is 0 Å². The van der Waals surface area contributed by atoms with E-state index in [9.17, 15) is 0 Å². The van der Waals surface area contributed by atoms with Crippen LogP contribution in [0.15, 0.2) is 35.5 Å². The number of aryl methyl sites for hydroxylation is 3. The molecule has 0 atom stereocenters. The molecule has 7 nitrogen and oxygen atoms in total. The summed E-state index contributed by atoms with van der Waals surface area (Å²) in [5.74, 6) is 8.37. The molecule has 0 unspecified atom stereocenters. The van der Waals surface area contributed by atoms with Crippen LogP contribution in [0.4, 0.5) is 0 Å². The molecule has 0 spiro atoms. The van der Waals surface area contributed by atoms with Crippen molar-refractivity contribution in [1.29, 1.82) is 0 Å². The van der Waals surface area contributed by atoms with Gasteiger partial charge in [-0.1, -0.05) is 23.9 Å². The third kappa shape index (κ3) is 3.38. The van der Waals surface area contributed by atoms with E-state index in [2.05, 4.69) is 27.4 Å². The lowest BCUT2D eigenvalue weighted by Crippen LogP contribution is -2.17. The first-order valence-corrected chi connectivity index (χ1v) is 8.57. The zero-order chi connectivity index (χ0) is 17.1. The number of benzene rings is 1. The number of thioether (sulfide) groups is 1. The van der Waals surface area contributed by atoms with Crippen molar-refractivity contribution in [3.8, 4) is 11.7 Å². The highest BCUT2D eigenvalue weighted by atomic mass is 32.2. The third-order valence-electron chi connectivity index (χ3n) is 3.63. The van der Waals surface area contributed by atoms with Crippen molar-refractivity contribution < 1.29 is 4.74 Å². The van der Waals surface area contributed by atoms with E-state index >= 15 is 0 Å². The van der Waals surface area contributed by atoms with Gasteiger partial charge in [-0.15, -0.1) is 10.2 Å². The number of hydrogen-bond donors (Lipinski definition) is 1. The highest BCUT2D eigenvalue weighted by molar-refractivity contribution is 7.99. The number of ether oxygens (including phenoxy) is 1. The lowest BCUT2D eigenvalue weighted by molar-refractivity contribution is 0.414. The first-order valence-electron chi connectivity index (χ1n) is 7.58. The Morgan fingerprint density at radius 2 is 1.92 bits per heavy atom. The summed E-state index contributed by atoms with van der Waals surface area (Å²) in [7, 11) is 1.67. The van der Waals surface area contributed by atoms with Crippen LogP contribution in [0.3, 0.4) is 0 Å². The van der Waals surface area contributed by atoms with E-state index in [4.69, 9.17) is 10.6 Å². The number of nitrogen functional groups attached to an aromatic ring is 1. The average molecular weight is 344 g/mol. The van der Waals surface area contributed by atoms with Crippen molar-refractivity contribution >= 4 is 11.8 Å². The van der Waals surface area contributed by atoms with Crippen molar-refractivity contribution in [3.63, 3.8) is 0 Å². The van der Waals surface area contributed by atoms with Gasteiger partial charge in [-0.05, 0) is 44.0 Å². The summed E-state index contributed by atoms with van der Waals surface area (Å²) in [6.45, 7) is 3.90. The number of nitrogens with zero attached hydrogens (tertiary/aromatic N) is 5. The molecule has 0 fully saturated rings. The molecule has 0 aliphatic carbocycles. The number of methoxy groups -OCH3 is 1. The fraction of sp³-hybridized carbons (Fsp3) is 0.312. The Morgan fingerprint density at radius 3 is 2.54 bits per heavy atom. The number of aromatic nitrogens is 5. The SMILES string of the molecule is COc1ccc(CCSc2nnc(-n3nc(C)cc3C)n2N)cc1. The Labute approximate surface area is 144 Å². The van der Waals surface area contributed by atoms with Crippen molar-refractivity contribution in [2.75, 3.05) is 18.7 Å². The molecule has 2 heterocycles. The fourth-order valence-electron chi connectivity index (χ4n) is 2.40. The molecule has 3 rings (SSSR count). The van der Waals surface area contributed by atoms with Crippen molar-refractivity contribution in [2.45, 2.75) is 25.4 Å². The molecule has 0 bridgehead atoms. The average Bonchev–Trinajstić information content (AvgIpc) is 3.10. The quantitative estimate of drug-likeness (QED) is 0.545. The van der Waals surface area contributed by atoms with Crippen LogP contribution in [0.25, 0.3) is 5.95 Å². The van der Waals surface area contributed by atoms with Gasteiger partial charge < -0.3 is 10.6 Å². The Bertz CT molecular complexity index is 824. The summed E-state index contributed by atoms with van der Waals surface area (Å²) in [6, 6.07) is 10.0. The second-order valence-electron chi connectivity index (χ2n) is 5.44. The van der Waals surface area contributed by atoms with Crippen LogP contribution in [0.1, 0.15) is 17.0 Å². The van der Waals surface area contributed by atoms with Crippen LogP contribution in [0.2, 0.25) is 0 Å². The molecule has 126 valence electrons. The van der Waals surface area contributed by atoms with Gasteiger partial charge in [-0.25, -0.2) is 9.36 Å². The molecule has 8 heteroatoms. The van der Waals surface area contributed by atoms with Gasteiger partial charge in [0.1, 0.15) is 5.75 Å². The predicted molar refractivity (Wildman–Crippen MR) is 94.2 cm³/mol. The summed E-state index contributed by atoms with van der Waals surface area (Å²) < 4.78 is 8.35. The second-order valence-corrected chi connectivity index (χ2v) is 6.50. The highest BCUT2D eigenvalue weighted by Gasteiger charge is 2.14. The molecule has 24 heavy (non-hydrogen) atoms. The molecule has 0 aliphatic heterocycles. The summed E-state index contributed by atoms with van der Waals surface area (Å²) >= 11 is 1.57. The monoisotopic (exact) mass is 344 g/mol. The lowest BCUT2D eigenvalue weighted by Gasteiger charge is -2.05. The maximum absolute atomic E-state index is 6.12. The molecule has 0 saturated heterocycles. The maximum atomic E-state index is 6.12. The molecule has 1 aromatic carbocycles. The molecule has 2 N–H and O–H groups in total. The van der Waals surface area contributed by atoms with E-state index in [1.54, 1.807) is 23.6 Å². The Morgan fingerprint density at radius 1 is 1.17 bits per heavy atom. The highest BCUT2D eigenvalue weighted by Crippen LogP contribution is 2.19. The van der Waals surface area contributed by atoms with Crippen LogP contribution in [-0.2, 0) is 6.42 Å². The molecule has 2 aromatic heterocycles. The Kier molecular flexibility index (Phi) is 4.75. The molecule has 3 aromatic rings. The smallest absolute Gasteiger partial charge is 0.271 e.